The summed E-state index contributed by atoms with van der Waals surface area (Å²) in [6.45, 7) is 5.17. The number of rotatable bonds is 6. The summed E-state index contributed by atoms with van der Waals surface area (Å²) in [6, 6.07) is 10.0. The number of esters is 1. The van der Waals surface area contributed by atoms with E-state index in [4.69, 9.17) is 31.1 Å². The van der Waals surface area contributed by atoms with E-state index in [1.807, 2.05) is 6.07 Å². The molecule has 7 heteroatoms. The van der Waals surface area contributed by atoms with Gasteiger partial charge in [-0.05, 0) is 51.1 Å². The monoisotopic (exact) mass is 360 g/mol. The van der Waals surface area contributed by atoms with E-state index in [1.54, 1.807) is 45.0 Å². The summed E-state index contributed by atoms with van der Waals surface area (Å²) in [7, 11) is 0. The molecule has 2 aromatic rings. The highest BCUT2D eigenvalue weighted by Gasteiger charge is 2.17. The second-order valence-electron chi connectivity index (χ2n) is 5.44. The maximum absolute atomic E-state index is 11.7. The summed E-state index contributed by atoms with van der Waals surface area (Å²) in [4.78, 5) is 15.7. The molecule has 2 rings (SSSR count). The van der Waals surface area contributed by atoms with E-state index in [0.717, 1.165) is 0 Å². The lowest BCUT2D eigenvalue weighted by Crippen LogP contribution is -2.28. The van der Waals surface area contributed by atoms with Crippen molar-refractivity contribution in [2.24, 2.45) is 0 Å². The fraction of sp³-hybridized carbons (Fsp3) is 0.278. The maximum atomic E-state index is 11.7. The van der Waals surface area contributed by atoms with Crippen LogP contribution in [0.1, 0.15) is 26.3 Å². The van der Waals surface area contributed by atoms with E-state index < -0.39 is 12.1 Å². The van der Waals surface area contributed by atoms with Crippen LogP contribution in [-0.4, -0.2) is 23.2 Å². The van der Waals surface area contributed by atoms with E-state index >= 15 is 0 Å². The van der Waals surface area contributed by atoms with Crippen molar-refractivity contribution >= 4 is 17.6 Å². The molecule has 1 unspecified atom stereocenters. The van der Waals surface area contributed by atoms with Gasteiger partial charge >= 0.3 is 5.97 Å². The molecular formula is C18H17ClN2O4. The first-order valence-corrected chi connectivity index (χ1v) is 7.97. The highest BCUT2D eigenvalue weighted by Crippen LogP contribution is 2.26. The predicted molar refractivity (Wildman–Crippen MR) is 91.8 cm³/mol. The summed E-state index contributed by atoms with van der Waals surface area (Å²) in [5.74, 6) is 0.690. The molecule has 0 fully saturated rings. The Balaban J connectivity index is 2.03. The number of pyridine rings is 1. The summed E-state index contributed by atoms with van der Waals surface area (Å²) >= 11 is 5.80. The minimum absolute atomic E-state index is 0.162. The zero-order chi connectivity index (χ0) is 18.4. The number of halogens is 1. The van der Waals surface area contributed by atoms with Crippen molar-refractivity contribution in [3.8, 4) is 23.4 Å². The Morgan fingerprint density at radius 2 is 1.84 bits per heavy atom. The van der Waals surface area contributed by atoms with E-state index in [9.17, 15) is 4.79 Å². The molecule has 130 valence electrons. The van der Waals surface area contributed by atoms with Gasteiger partial charge in [0.1, 0.15) is 23.1 Å². The van der Waals surface area contributed by atoms with Gasteiger partial charge in [-0.1, -0.05) is 11.6 Å². The second-order valence-corrected chi connectivity index (χ2v) is 5.87. The minimum Gasteiger partial charge on any atom is -0.479 e. The number of ether oxygens (including phenoxy) is 3. The molecule has 0 aliphatic rings. The average Bonchev–Trinajstić information content (AvgIpc) is 2.57. The number of nitriles is 1. The van der Waals surface area contributed by atoms with Crippen LogP contribution in [0.4, 0.5) is 0 Å². The first-order valence-electron chi connectivity index (χ1n) is 7.59. The van der Waals surface area contributed by atoms with Crippen LogP contribution in [0.25, 0.3) is 0 Å². The summed E-state index contributed by atoms with van der Waals surface area (Å²) in [6.07, 6.45) is 0.477. The normalized spacial score (nSPS) is 11.5. The smallest absolute Gasteiger partial charge is 0.347 e. The van der Waals surface area contributed by atoms with Crippen LogP contribution in [0.15, 0.2) is 36.5 Å². The van der Waals surface area contributed by atoms with Crippen LogP contribution in [0.3, 0.4) is 0 Å². The van der Waals surface area contributed by atoms with Crippen LogP contribution in [0.5, 0.6) is 17.4 Å². The Morgan fingerprint density at radius 3 is 2.44 bits per heavy atom. The van der Waals surface area contributed by atoms with E-state index in [-0.39, 0.29) is 17.5 Å². The zero-order valence-electron chi connectivity index (χ0n) is 14.0. The van der Waals surface area contributed by atoms with Gasteiger partial charge < -0.3 is 14.2 Å². The molecule has 0 saturated carbocycles. The molecule has 1 atom stereocenters. The first-order chi connectivity index (χ1) is 11.9. The first kappa shape index (κ1) is 18.6. The fourth-order valence-corrected chi connectivity index (χ4v) is 2.02. The Morgan fingerprint density at radius 1 is 1.20 bits per heavy atom. The molecule has 1 heterocycles. The maximum Gasteiger partial charge on any atom is 0.347 e. The van der Waals surface area contributed by atoms with Crippen molar-refractivity contribution in [1.29, 1.82) is 5.26 Å². The Hall–Kier alpha value is -2.78. The van der Waals surface area contributed by atoms with Gasteiger partial charge in [0, 0.05) is 6.20 Å². The molecule has 0 bridgehead atoms. The molecule has 1 aromatic carbocycles. The molecule has 0 aliphatic carbocycles. The van der Waals surface area contributed by atoms with Crippen molar-refractivity contribution in [2.45, 2.75) is 33.0 Å². The number of carbonyl (C=O) groups is 1. The number of benzene rings is 1. The average molecular weight is 361 g/mol. The molecule has 0 saturated heterocycles. The molecule has 6 nitrogen and oxygen atoms in total. The van der Waals surface area contributed by atoms with Gasteiger partial charge in [-0.2, -0.15) is 5.26 Å². The van der Waals surface area contributed by atoms with Crippen LogP contribution in [0.2, 0.25) is 5.02 Å². The number of carbonyl (C=O) groups excluding carboxylic acids is 1. The van der Waals surface area contributed by atoms with Gasteiger partial charge in [-0.3, -0.25) is 0 Å². The number of hydrogen-bond acceptors (Lipinski definition) is 6. The van der Waals surface area contributed by atoms with Gasteiger partial charge in [0.2, 0.25) is 5.88 Å². The van der Waals surface area contributed by atoms with Crippen molar-refractivity contribution < 1.29 is 19.0 Å². The largest absolute Gasteiger partial charge is 0.479 e. The fourth-order valence-electron chi connectivity index (χ4n) is 1.87. The molecule has 0 amide bonds. The molecule has 25 heavy (non-hydrogen) atoms. The quantitative estimate of drug-likeness (QED) is 0.721. The Kier molecular flexibility index (Phi) is 6.20. The van der Waals surface area contributed by atoms with Crippen LogP contribution >= 0.6 is 11.6 Å². The van der Waals surface area contributed by atoms with Crippen molar-refractivity contribution in [2.75, 3.05) is 0 Å². The SMILES string of the molecule is CC(C)OC(=O)C(C)Oc1ccc(Oc2ncc(Cl)cc2C#N)cc1. The van der Waals surface area contributed by atoms with Gasteiger partial charge in [0.15, 0.2) is 6.10 Å². The lowest BCUT2D eigenvalue weighted by atomic mass is 10.3. The van der Waals surface area contributed by atoms with Gasteiger partial charge in [0.05, 0.1) is 11.1 Å². The van der Waals surface area contributed by atoms with Crippen LogP contribution in [-0.2, 0) is 9.53 Å². The molecule has 1 aromatic heterocycles. The lowest BCUT2D eigenvalue weighted by molar-refractivity contribution is -0.154. The van der Waals surface area contributed by atoms with Crippen molar-refractivity contribution in [3.05, 3.63) is 47.1 Å². The Labute approximate surface area is 150 Å². The molecule has 0 N–H and O–H groups in total. The minimum atomic E-state index is -0.725. The van der Waals surface area contributed by atoms with E-state index in [1.165, 1.54) is 12.3 Å². The summed E-state index contributed by atoms with van der Waals surface area (Å²) in [5.41, 5.74) is 0.234. The summed E-state index contributed by atoms with van der Waals surface area (Å²) in [5, 5.41) is 9.44. The van der Waals surface area contributed by atoms with E-state index in [2.05, 4.69) is 4.98 Å². The summed E-state index contributed by atoms with van der Waals surface area (Å²) < 4.78 is 16.2. The van der Waals surface area contributed by atoms with Crippen LogP contribution in [0, 0.1) is 11.3 Å². The molecule has 0 aliphatic heterocycles. The Bertz CT molecular complexity index is 785. The highest BCUT2D eigenvalue weighted by molar-refractivity contribution is 6.30. The third-order valence-electron chi connectivity index (χ3n) is 2.97. The van der Waals surface area contributed by atoms with Crippen molar-refractivity contribution in [1.82, 2.24) is 4.98 Å². The zero-order valence-corrected chi connectivity index (χ0v) is 14.8. The highest BCUT2D eigenvalue weighted by atomic mass is 35.5. The van der Waals surface area contributed by atoms with Gasteiger partial charge in [0.25, 0.3) is 0 Å². The molecular weight excluding hydrogens is 344 g/mol. The second kappa shape index (κ2) is 8.36. The lowest BCUT2D eigenvalue weighted by Gasteiger charge is -2.16. The predicted octanol–water partition coefficient (Wildman–Crippen LogP) is 4.12. The number of nitrogens with zero attached hydrogens (tertiary/aromatic N) is 2. The topological polar surface area (TPSA) is 81.4 Å². The van der Waals surface area contributed by atoms with Gasteiger partial charge in [-0.15, -0.1) is 0 Å². The van der Waals surface area contributed by atoms with Gasteiger partial charge in [-0.25, -0.2) is 9.78 Å². The number of aromatic nitrogens is 1. The third kappa shape index (κ3) is 5.37. The third-order valence-corrected chi connectivity index (χ3v) is 3.18. The standard InChI is InChI=1S/C18H17ClN2O4/c1-11(2)23-18(22)12(3)24-15-4-6-16(7-5-15)25-17-13(9-20)8-14(19)10-21-17/h4-8,10-12H,1-3H3. The van der Waals surface area contributed by atoms with Crippen LogP contribution < -0.4 is 9.47 Å². The molecule has 0 radical (unpaired) electrons. The van der Waals surface area contributed by atoms with E-state index in [0.29, 0.717) is 16.5 Å². The number of hydrogen-bond donors (Lipinski definition) is 0. The van der Waals surface area contributed by atoms with Crippen molar-refractivity contribution in [3.63, 3.8) is 0 Å². The molecule has 0 spiro atoms.